The first kappa shape index (κ1) is 8.38. The summed E-state index contributed by atoms with van der Waals surface area (Å²) in [7, 11) is 0. The SMILES string of the molecule is CC1=C(C)CC(C)(C)C(N)=C1. The van der Waals surface area contributed by atoms with E-state index in [1.165, 1.54) is 11.1 Å². The fourth-order valence-corrected chi connectivity index (χ4v) is 1.46. The first-order chi connectivity index (χ1) is 4.93. The summed E-state index contributed by atoms with van der Waals surface area (Å²) >= 11 is 0. The van der Waals surface area contributed by atoms with Crippen LogP contribution in [0.5, 0.6) is 0 Å². The molecule has 0 atom stereocenters. The second-order valence-electron chi connectivity index (χ2n) is 4.12. The Balaban J connectivity index is 3.01. The van der Waals surface area contributed by atoms with Crippen molar-refractivity contribution in [3.8, 4) is 0 Å². The van der Waals surface area contributed by atoms with Crippen LogP contribution in [0.3, 0.4) is 0 Å². The van der Waals surface area contributed by atoms with E-state index in [1.54, 1.807) is 0 Å². The molecular weight excluding hydrogens is 134 g/mol. The Hall–Kier alpha value is -0.720. The molecule has 1 heteroatoms. The van der Waals surface area contributed by atoms with Crippen LogP contribution in [0.2, 0.25) is 0 Å². The van der Waals surface area contributed by atoms with Gasteiger partial charge in [-0.15, -0.1) is 0 Å². The van der Waals surface area contributed by atoms with Crippen LogP contribution in [-0.2, 0) is 0 Å². The van der Waals surface area contributed by atoms with Crippen LogP contribution in [-0.4, -0.2) is 0 Å². The van der Waals surface area contributed by atoms with Crippen molar-refractivity contribution in [1.82, 2.24) is 0 Å². The fraction of sp³-hybridized carbons (Fsp3) is 0.600. The number of allylic oxidation sites excluding steroid dienone is 4. The van der Waals surface area contributed by atoms with Gasteiger partial charge in [0.05, 0.1) is 0 Å². The van der Waals surface area contributed by atoms with Gasteiger partial charge in [-0.05, 0) is 26.3 Å². The third-order valence-corrected chi connectivity index (χ3v) is 2.53. The van der Waals surface area contributed by atoms with Gasteiger partial charge < -0.3 is 5.73 Å². The molecule has 1 nitrogen and oxygen atoms in total. The highest BCUT2D eigenvalue weighted by Crippen LogP contribution is 2.36. The number of rotatable bonds is 0. The molecule has 0 fully saturated rings. The van der Waals surface area contributed by atoms with Gasteiger partial charge in [0, 0.05) is 11.1 Å². The van der Waals surface area contributed by atoms with Gasteiger partial charge in [-0.3, -0.25) is 0 Å². The first-order valence-electron chi connectivity index (χ1n) is 4.07. The van der Waals surface area contributed by atoms with Gasteiger partial charge >= 0.3 is 0 Å². The minimum Gasteiger partial charge on any atom is -0.402 e. The van der Waals surface area contributed by atoms with Gasteiger partial charge in [0.15, 0.2) is 0 Å². The largest absolute Gasteiger partial charge is 0.402 e. The Morgan fingerprint density at radius 2 is 1.91 bits per heavy atom. The molecule has 0 aliphatic heterocycles. The molecule has 0 aromatic carbocycles. The van der Waals surface area contributed by atoms with Crippen molar-refractivity contribution < 1.29 is 0 Å². The summed E-state index contributed by atoms with van der Waals surface area (Å²) in [6, 6.07) is 0. The molecule has 0 aromatic heterocycles. The van der Waals surface area contributed by atoms with Crippen molar-refractivity contribution in [2.45, 2.75) is 34.1 Å². The van der Waals surface area contributed by atoms with E-state index in [9.17, 15) is 0 Å². The maximum Gasteiger partial charge on any atom is 0.0144 e. The Labute approximate surface area is 69.0 Å². The smallest absolute Gasteiger partial charge is 0.0144 e. The lowest BCUT2D eigenvalue weighted by Gasteiger charge is -2.30. The summed E-state index contributed by atoms with van der Waals surface area (Å²) in [4.78, 5) is 0. The molecule has 0 saturated carbocycles. The van der Waals surface area contributed by atoms with Crippen molar-refractivity contribution in [2.24, 2.45) is 11.1 Å². The Kier molecular flexibility index (Phi) is 1.83. The maximum atomic E-state index is 5.89. The van der Waals surface area contributed by atoms with Crippen LogP contribution in [0.15, 0.2) is 22.9 Å². The van der Waals surface area contributed by atoms with Crippen molar-refractivity contribution >= 4 is 0 Å². The van der Waals surface area contributed by atoms with Gasteiger partial charge in [-0.1, -0.05) is 25.0 Å². The summed E-state index contributed by atoms with van der Waals surface area (Å²) in [6.07, 6.45) is 3.19. The first-order valence-corrected chi connectivity index (χ1v) is 4.07. The fourth-order valence-electron chi connectivity index (χ4n) is 1.46. The standard InChI is InChI=1S/C10H17N/c1-7-5-9(11)10(3,4)6-8(7)2/h5H,6,11H2,1-4H3. The Morgan fingerprint density at radius 1 is 1.36 bits per heavy atom. The van der Waals surface area contributed by atoms with E-state index >= 15 is 0 Å². The van der Waals surface area contributed by atoms with Crippen LogP contribution in [0, 0.1) is 5.41 Å². The summed E-state index contributed by atoms with van der Waals surface area (Å²) in [5, 5.41) is 0. The van der Waals surface area contributed by atoms with E-state index in [4.69, 9.17) is 5.73 Å². The normalized spacial score (nSPS) is 23.5. The van der Waals surface area contributed by atoms with Crippen LogP contribution in [0.1, 0.15) is 34.1 Å². The third-order valence-electron chi connectivity index (χ3n) is 2.53. The van der Waals surface area contributed by atoms with Crippen LogP contribution in [0.25, 0.3) is 0 Å². The number of hydrogen-bond donors (Lipinski definition) is 1. The predicted octanol–water partition coefficient (Wildman–Crippen LogP) is 2.60. The second-order valence-corrected chi connectivity index (χ2v) is 4.12. The summed E-state index contributed by atoms with van der Waals surface area (Å²) < 4.78 is 0. The Bertz CT molecular complexity index is 231. The zero-order chi connectivity index (χ0) is 8.65. The molecule has 0 heterocycles. The lowest BCUT2D eigenvalue weighted by atomic mass is 9.77. The van der Waals surface area contributed by atoms with Gasteiger partial charge in [0.1, 0.15) is 0 Å². The Morgan fingerprint density at radius 3 is 2.36 bits per heavy atom. The highest BCUT2D eigenvalue weighted by molar-refractivity contribution is 5.33. The predicted molar refractivity (Wildman–Crippen MR) is 49.0 cm³/mol. The molecule has 62 valence electrons. The van der Waals surface area contributed by atoms with Gasteiger partial charge in [0.25, 0.3) is 0 Å². The average molecular weight is 151 g/mol. The molecule has 0 unspecified atom stereocenters. The van der Waals surface area contributed by atoms with E-state index in [1.807, 2.05) is 0 Å². The number of hydrogen-bond acceptors (Lipinski definition) is 1. The lowest BCUT2D eigenvalue weighted by Crippen LogP contribution is -2.24. The molecule has 0 radical (unpaired) electrons. The molecule has 1 rings (SSSR count). The summed E-state index contributed by atoms with van der Waals surface area (Å²) in [6.45, 7) is 8.68. The summed E-state index contributed by atoms with van der Waals surface area (Å²) in [5.41, 5.74) is 9.87. The molecule has 11 heavy (non-hydrogen) atoms. The maximum absolute atomic E-state index is 5.89. The average Bonchev–Trinajstić information content (AvgIpc) is 1.83. The molecule has 2 N–H and O–H groups in total. The molecule has 0 aromatic rings. The third kappa shape index (κ3) is 1.47. The molecule has 0 spiro atoms. The van der Waals surface area contributed by atoms with Crippen molar-refractivity contribution in [2.75, 3.05) is 0 Å². The van der Waals surface area contributed by atoms with E-state index in [0.29, 0.717) is 0 Å². The molecule has 0 saturated heterocycles. The minimum atomic E-state index is 0.170. The monoisotopic (exact) mass is 151 g/mol. The molecular formula is C10H17N. The van der Waals surface area contributed by atoms with E-state index < -0.39 is 0 Å². The zero-order valence-electron chi connectivity index (χ0n) is 7.86. The highest BCUT2D eigenvalue weighted by Gasteiger charge is 2.25. The van der Waals surface area contributed by atoms with Crippen molar-refractivity contribution in [1.29, 1.82) is 0 Å². The van der Waals surface area contributed by atoms with E-state index in [2.05, 4.69) is 33.8 Å². The van der Waals surface area contributed by atoms with Crippen LogP contribution >= 0.6 is 0 Å². The summed E-state index contributed by atoms with van der Waals surface area (Å²) in [5.74, 6) is 0. The van der Waals surface area contributed by atoms with Gasteiger partial charge in [0.2, 0.25) is 0 Å². The van der Waals surface area contributed by atoms with Crippen molar-refractivity contribution in [3.63, 3.8) is 0 Å². The topological polar surface area (TPSA) is 26.0 Å². The minimum absolute atomic E-state index is 0.170. The zero-order valence-corrected chi connectivity index (χ0v) is 7.86. The van der Waals surface area contributed by atoms with Gasteiger partial charge in [-0.2, -0.15) is 0 Å². The van der Waals surface area contributed by atoms with Crippen LogP contribution in [0.4, 0.5) is 0 Å². The van der Waals surface area contributed by atoms with Gasteiger partial charge in [-0.25, -0.2) is 0 Å². The molecule has 1 aliphatic carbocycles. The molecule has 1 aliphatic rings. The van der Waals surface area contributed by atoms with E-state index in [0.717, 1.165) is 12.1 Å². The number of nitrogens with two attached hydrogens (primary N) is 1. The quantitative estimate of drug-likeness (QED) is 0.566. The van der Waals surface area contributed by atoms with Crippen LogP contribution < -0.4 is 5.73 Å². The van der Waals surface area contributed by atoms with E-state index in [-0.39, 0.29) is 5.41 Å². The second kappa shape index (κ2) is 2.40. The molecule has 0 amide bonds. The highest BCUT2D eigenvalue weighted by atomic mass is 14.6. The molecule has 0 bridgehead atoms. The lowest BCUT2D eigenvalue weighted by molar-refractivity contribution is 0.428. The van der Waals surface area contributed by atoms with Crippen molar-refractivity contribution in [3.05, 3.63) is 22.9 Å².